The van der Waals surface area contributed by atoms with Gasteiger partial charge >= 0.3 is 0 Å². The van der Waals surface area contributed by atoms with E-state index in [1.54, 1.807) is 0 Å². The second-order valence-electron chi connectivity index (χ2n) is 3.81. The first-order chi connectivity index (χ1) is 5.18. The van der Waals surface area contributed by atoms with Crippen LogP contribution in [0, 0.1) is 0 Å². The molecule has 0 N–H and O–H groups in total. The highest BCUT2D eigenvalue weighted by molar-refractivity contribution is 7.80. The van der Waals surface area contributed by atoms with Gasteiger partial charge in [0.05, 0.1) is 5.37 Å². The van der Waals surface area contributed by atoms with Crippen LogP contribution >= 0.6 is 12.6 Å². The van der Waals surface area contributed by atoms with E-state index in [1.165, 1.54) is 19.5 Å². The molecule has 64 valence electrons. The van der Waals surface area contributed by atoms with E-state index in [4.69, 9.17) is 0 Å². The molecule has 0 aliphatic carbocycles. The summed E-state index contributed by atoms with van der Waals surface area (Å²) in [6.45, 7) is 4.64. The third-order valence-electron chi connectivity index (χ3n) is 3.04. The molecule has 2 rings (SSSR count). The molecule has 0 aromatic heterocycles. The van der Waals surface area contributed by atoms with Crippen molar-refractivity contribution in [3.63, 3.8) is 0 Å². The van der Waals surface area contributed by atoms with Crippen molar-refractivity contribution in [3.8, 4) is 0 Å². The fraction of sp³-hybridized carbons (Fsp3) is 1.00. The molecule has 0 aromatic carbocycles. The van der Waals surface area contributed by atoms with Gasteiger partial charge in [-0.05, 0) is 20.4 Å². The largest absolute Gasteiger partial charge is 0.301 e. The summed E-state index contributed by atoms with van der Waals surface area (Å²) in [5.41, 5.74) is 0. The minimum Gasteiger partial charge on any atom is -0.301 e. The Morgan fingerprint density at radius 3 is 2.45 bits per heavy atom. The van der Waals surface area contributed by atoms with Crippen molar-refractivity contribution in [2.45, 2.75) is 30.8 Å². The fourth-order valence-electron chi connectivity index (χ4n) is 2.35. The summed E-state index contributed by atoms with van der Waals surface area (Å²) < 4.78 is 0. The average molecular weight is 172 g/mol. The molecule has 11 heavy (non-hydrogen) atoms. The highest BCUT2D eigenvalue weighted by Gasteiger charge is 2.42. The van der Waals surface area contributed by atoms with E-state index in [2.05, 4.69) is 36.4 Å². The Hall–Kier alpha value is 0.270. The summed E-state index contributed by atoms with van der Waals surface area (Å²) in [4.78, 5) is 4.98. The van der Waals surface area contributed by atoms with Crippen molar-refractivity contribution in [2.75, 3.05) is 20.1 Å². The zero-order chi connectivity index (χ0) is 8.01. The quantitative estimate of drug-likeness (QED) is 0.580. The molecule has 2 fully saturated rings. The number of thiol groups is 1. The molecule has 2 bridgehead atoms. The van der Waals surface area contributed by atoms with Crippen molar-refractivity contribution in [3.05, 3.63) is 0 Å². The van der Waals surface area contributed by atoms with E-state index < -0.39 is 0 Å². The second-order valence-corrected chi connectivity index (χ2v) is 4.56. The molecule has 3 unspecified atom stereocenters. The van der Waals surface area contributed by atoms with Gasteiger partial charge in [0.2, 0.25) is 0 Å². The van der Waals surface area contributed by atoms with Crippen LogP contribution in [0.2, 0.25) is 0 Å². The van der Waals surface area contributed by atoms with Gasteiger partial charge in [-0.25, -0.2) is 0 Å². The Morgan fingerprint density at radius 2 is 2.09 bits per heavy atom. The number of piperazine rings is 1. The molecule has 0 spiro atoms. The Morgan fingerprint density at radius 1 is 1.36 bits per heavy atom. The van der Waals surface area contributed by atoms with Gasteiger partial charge in [-0.1, -0.05) is 0 Å². The molecular formula is C8H16N2S. The van der Waals surface area contributed by atoms with Gasteiger partial charge in [0.1, 0.15) is 0 Å². The lowest BCUT2D eigenvalue weighted by Crippen LogP contribution is -2.46. The summed E-state index contributed by atoms with van der Waals surface area (Å²) in [7, 11) is 2.23. The predicted octanol–water partition coefficient (Wildman–Crippen LogP) is 0.650. The van der Waals surface area contributed by atoms with Crippen molar-refractivity contribution >= 4 is 12.6 Å². The van der Waals surface area contributed by atoms with Gasteiger partial charge in [0.25, 0.3) is 0 Å². The summed E-state index contributed by atoms with van der Waals surface area (Å²) in [6.07, 6.45) is 1.36. The zero-order valence-corrected chi connectivity index (χ0v) is 8.09. The van der Waals surface area contributed by atoms with E-state index >= 15 is 0 Å². The van der Waals surface area contributed by atoms with Gasteiger partial charge in [-0.2, -0.15) is 12.6 Å². The van der Waals surface area contributed by atoms with Crippen molar-refractivity contribution in [1.82, 2.24) is 9.80 Å². The normalized spacial score (nSPS) is 41.7. The summed E-state index contributed by atoms with van der Waals surface area (Å²) in [5, 5.41) is 0.443. The van der Waals surface area contributed by atoms with Crippen LogP contribution in [0.25, 0.3) is 0 Å². The lowest BCUT2D eigenvalue weighted by atomic mass is 10.2. The maximum atomic E-state index is 4.46. The molecule has 2 nitrogen and oxygen atoms in total. The first kappa shape index (κ1) is 7.90. The molecule has 0 aromatic rings. The molecule has 3 atom stereocenters. The molecule has 2 heterocycles. The maximum absolute atomic E-state index is 4.46. The number of fused-ring (bicyclic) bond motifs is 2. The number of hydrogen-bond donors (Lipinski definition) is 1. The topological polar surface area (TPSA) is 6.48 Å². The number of nitrogens with zero attached hydrogens (tertiary/aromatic N) is 2. The van der Waals surface area contributed by atoms with Crippen LogP contribution < -0.4 is 0 Å². The van der Waals surface area contributed by atoms with Crippen LogP contribution in [-0.4, -0.2) is 47.4 Å². The Labute approximate surface area is 74.0 Å². The number of rotatable bonds is 1. The first-order valence-electron chi connectivity index (χ1n) is 4.32. The monoisotopic (exact) mass is 172 g/mol. The molecule has 0 amide bonds. The summed E-state index contributed by atoms with van der Waals surface area (Å²) in [6, 6.07) is 1.60. The van der Waals surface area contributed by atoms with Gasteiger partial charge in [0.15, 0.2) is 0 Å². The van der Waals surface area contributed by atoms with E-state index in [0.29, 0.717) is 5.37 Å². The van der Waals surface area contributed by atoms with Gasteiger partial charge < -0.3 is 4.90 Å². The SMILES string of the molecule is CC(S)N1CC2CC1CN2C. The lowest BCUT2D eigenvalue weighted by molar-refractivity contribution is 0.145. The number of likely N-dealkylation sites (tertiary alicyclic amines) is 2. The minimum absolute atomic E-state index is 0.443. The molecule has 2 aliphatic heterocycles. The highest BCUT2D eigenvalue weighted by atomic mass is 32.1. The van der Waals surface area contributed by atoms with Gasteiger partial charge in [0, 0.05) is 25.2 Å². The zero-order valence-electron chi connectivity index (χ0n) is 7.20. The summed E-state index contributed by atoms with van der Waals surface area (Å²) in [5.74, 6) is 0. The van der Waals surface area contributed by atoms with E-state index in [9.17, 15) is 0 Å². The molecule has 2 saturated heterocycles. The van der Waals surface area contributed by atoms with Crippen LogP contribution in [0.4, 0.5) is 0 Å². The Kier molecular flexibility index (Phi) is 1.90. The van der Waals surface area contributed by atoms with Crippen molar-refractivity contribution in [2.24, 2.45) is 0 Å². The third-order valence-corrected chi connectivity index (χ3v) is 3.33. The third kappa shape index (κ3) is 1.19. The Balaban J connectivity index is 2.02. The van der Waals surface area contributed by atoms with Crippen LogP contribution in [0.5, 0.6) is 0 Å². The minimum atomic E-state index is 0.443. The number of hydrogen-bond acceptors (Lipinski definition) is 3. The van der Waals surface area contributed by atoms with E-state index in [1.807, 2.05) is 0 Å². The average Bonchev–Trinajstić information content (AvgIpc) is 2.43. The molecule has 0 saturated carbocycles. The number of likely N-dealkylation sites (N-methyl/N-ethyl adjacent to an activating group) is 1. The maximum Gasteiger partial charge on any atom is 0.0503 e. The smallest absolute Gasteiger partial charge is 0.0503 e. The molecule has 3 heteroatoms. The summed E-state index contributed by atoms with van der Waals surface area (Å²) >= 11 is 4.46. The van der Waals surface area contributed by atoms with Crippen LogP contribution in [0.3, 0.4) is 0 Å². The van der Waals surface area contributed by atoms with Crippen molar-refractivity contribution < 1.29 is 0 Å². The van der Waals surface area contributed by atoms with Gasteiger partial charge in [-0.15, -0.1) is 0 Å². The van der Waals surface area contributed by atoms with E-state index in [0.717, 1.165) is 12.1 Å². The first-order valence-corrected chi connectivity index (χ1v) is 4.84. The standard InChI is InChI=1S/C8H16N2S/c1-6(11)10-5-7-3-8(10)4-9(7)2/h6-8,11H,3-5H2,1-2H3. The predicted molar refractivity (Wildman–Crippen MR) is 50.0 cm³/mol. The van der Waals surface area contributed by atoms with Gasteiger partial charge in [-0.3, -0.25) is 4.90 Å². The Bertz CT molecular complexity index is 158. The highest BCUT2D eigenvalue weighted by Crippen LogP contribution is 2.31. The molecular weight excluding hydrogens is 156 g/mol. The van der Waals surface area contributed by atoms with Crippen LogP contribution in [0.15, 0.2) is 0 Å². The molecule has 0 radical (unpaired) electrons. The lowest BCUT2D eigenvalue weighted by Gasteiger charge is -2.33. The molecule has 2 aliphatic rings. The fourth-order valence-corrected chi connectivity index (χ4v) is 2.64. The van der Waals surface area contributed by atoms with Crippen molar-refractivity contribution in [1.29, 1.82) is 0 Å². The van der Waals surface area contributed by atoms with Crippen LogP contribution in [0.1, 0.15) is 13.3 Å². The second kappa shape index (κ2) is 2.64. The van der Waals surface area contributed by atoms with Crippen LogP contribution in [-0.2, 0) is 0 Å². The van der Waals surface area contributed by atoms with E-state index in [-0.39, 0.29) is 0 Å².